The zero-order valence-electron chi connectivity index (χ0n) is 23.1. The number of esters is 1. The van der Waals surface area contributed by atoms with Gasteiger partial charge in [0, 0.05) is 15.8 Å². The standard InChI is InChI=1S/C30H37ClO6/c1-17(2)34-27-25(36-19(5)20-10-13-22(33-9)14-11-20)23-15-12-21(31)16-24(23)26(28(27)35-18(3)4)37-29(32)30(6,7)8/h10-19H,1-9H3. The number of rotatable bonds is 9. The van der Waals surface area contributed by atoms with E-state index < -0.39 is 11.4 Å². The zero-order valence-corrected chi connectivity index (χ0v) is 23.9. The van der Waals surface area contributed by atoms with Crippen LogP contribution < -0.4 is 23.7 Å². The van der Waals surface area contributed by atoms with Gasteiger partial charge in [-0.15, -0.1) is 0 Å². The average Bonchev–Trinajstić information content (AvgIpc) is 2.82. The molecule has 0 amide bonds. The van der Waals surface area contributed by atoms with Crippen LogP contribution in [-0.2, 0) is 4.79 Å². The molecule has 3 aromatic rings. The van der Waals surface area contributed by atoms with Crippen molar-refractivity contribution in [1.29, 1.82) is 0 Å². The van der Waals surface area contributed by atoms with Gasteiger partial charge in [0.25, 0.3) is 0 Å². The molecule has 0 saturated heterocycles. The van der Waals surface area contributed by atoms with Gasteiger partial charge in [0.2, 0.25) is 11.5 Å². The van der Waals surface area contributed by atoms with Crippen LogP contribution in [0.3, 0.4) is 0 Å². The van der Waals surface area contributed by atoms with Gasteiger partial charge in [0.1, 0.15) is 11.9 Å². The second-order valence-corrected chi connectivity index (χ2v) is 10.9. The Kier molecular flexibility index (Phi) is 8.85. The number of hydrogen-bond donors (Lipinski definition) is 0. The molecule has 0 aromatic heterocycles. The summed E-state index contributed by atoms with van der Waals surface area (Å²) in [6.45, 7) is 15.0. The topological polar surface area (TPSA) is 63.2 Å². The first kappa shape index (κ1) is 28.5. The SMILES string of the molecule is COc1ccc(C(C)Oc2c(OC(C)C)c(OC(C)C)c(OC(=O)C(C)(C)C)c3cc(Cl)ccc23)cc1. The minimum atomic E-state index is -0.739. The van der Waals surface area contributed by atoms with Gasteiger partial charge in [0.05, 0.1) is 24.7 Å². The maximum absolute atomic E-state index is 13.0. The smallest absolute Gasteiger partial charge is 0.316 e. The zero-order chi connectivity index (χ0) is 27.5. The fourth-order valence-electron chi connectivity index (χ4n) is 3.62. The third-order valence-electron chi connectivity index (χ3n) is 5.48. The van der Waals surface area contributed by atoms with Crippen molar-refractivity contribution in [2.24, 2.45) is 5.41 Å². The van der Waals surface area contributed by atoms with E-state index in [2.05, 4.69) is 0 Å². The van der Waals surface area contributed by atoms with Crippen molar-refractivity contribution in [3.8, 4) is 28.7 Å². The normalized spacial score (nSPS) is 12.5. The first-order chi connectivity index (χ1) is 17.3. The number of carbonyl (C=O) groups excluding carboxylic acids is 1. The third-order valence-corrected chi connectivity index (χ3v) is 5.72. The Morgan fingerprint density at radius 3 is 1.84 bits per heavy atom. The summed E-state index contributed by atoms with van der Waals surface area (Å²) < 4.78 is 30.4. The van der Waals surface area contributed by atoms with Crippen molar-refractivity contribution in [3.63, 3.8) is 0 Å². The molecule has 1 unspecified atom stereocenters. The van der Waals surface area contributed by atoms with Crippen molar-refractivity contribution in [3.05, 3.63) is 53.1 Å². The minimum absolute atomic E-state index is 0.205. The van der Waals surface area contributed by atoms with Crippen molar-refractivity contribution in [2.75, 3.05) is 7.11 Å². The van der Waals surface area contributed by atoms with Crippen molar-refractivity contribution in [1.82, 2.24) is 0 Å². The first-order valence-electron chi connectivity index (χ1n) is 12.5. The highest BCUT2D eigenvalue weighted by molar-refractivity contribution is 6.31. The molecule has 0 saturated carbocycles. The minimum Gasteiger partial charge on any atom is -0.497 e. The second-order valence-electron chi connectivity index (χ2n) is 10.5. The molecule has 0 aliphatic carbocycles. The lowest BCUT2D eigenvalue weighted by molar-refractivity contribution is -0.143. The Bertz CT molecular complexity index is 1240. The number of methoxy groups -OCH3 is 1. The van der Waals surface area contributed by atoms with E-state index in [1.54, 1.807) is 40.0 Å². The van der Waals surface area contributed by atoms with Gasteiger partial charge in [-0.3, -0.25) is 4.79 Å². The molecule has 0 heterocycles. The molecule has 0 N–H and O–H groups in total. The van der Waals surface area contributed by atoms with E-state index in [9.17, 15) is 4.79 Å². The molecule has 37 heavy (non-hydrogen) atoms. The number of halogens is 1. The van der Waals surface area contributed by atoms with Gasteiger partial charge in [0.15, 0.2) is 11.5 Å². The summed E-state index contributed by atoms with van der Waals surface area (Å²) in [4.78, 5) is 13.0. The summed E-state index contributed by atoms with van der Waals surface area (Å²) >= 11 is 6.42. The van der Waals surface area contributed by atoms with Gasteiger partial charge in [-0.1, -0.05) is 23.7 Å². The first-order valence-corrected chi connectivity index (χ1v) is 12.8. The van der Waals surface area contributed by atoms with Crippen LogP contribution in [0.1, 0.15) is 67.1 Å². The van der Waals surface area contributed by atoms with E-state index in [1.807, 2.05) is 65.0 Å². The largest absolute Gasteiger partial charge is 0.497 e. The van der Waals surface area contributed by atoms with Gasteiger partial charge < -0.3 is 23.7 Å². The predicted octanol–water partition coefficient (Wildman–Crippen LogP) is 8.17. The summed E-state index contributed by atoms with van der Waals surface area (Å²) in [5.41, 5.74) is 0.213. The Labute approximate surface area is 224 Å². The van der Waals surface area contributed by atoms with Crippen LogP contribution in [-0.4, -0.2) is 25.3 Å². The van der Waals surface area contributed by atoms with E-state index in [-0.39, 0.29) is 24.1 Å². The quantitative estimate of drug-likeness (QED) is 0.206. The lowest BCUT2D eigenvalue weighted by Crippen LogP contribution is -2.26. The lowest BCUT2D eigenvalue weighted by atomic mass is 9.97. The molecule has 1 atom stereocenters. The van der Waals surface area contributed by atoms with Crippen LogP contribution in [0.5, 0.6) is 28.7 Å². The number of benzene rings is 3. The molecule has 0 spiro atoms. The molecule has 0 radical (unpaired) electrons. The highest BCUT2D eigenvalue weighted by atomic mass is 35.5. The van der Waals surface area contributed by atoms with Crippen LogP contribution in [0.2, 0.25) is 5.02 Å². The number of carbonyl (C=O) groups is 1. The fourth-order valence-corrected chi connectivity index (χ4v) is 3.79. The maximum atomic E-state index is 13.0. The molecule has 6 nitrogen and oxygen atoms in total. The summed E-state index contributed by atoms with van der Waals surface area (Å²) in [5.74, 6) is 1.76. The predicted molar refractivity (Wildman–Crippen MR) is 148 cm³/mol. The van der Waals surface area contributed by atoms with E-state index in [0.717, 1.165) is 11.3 Å². The lowest BCUT2D eigenvalue weighted by Gasteiger charge is -2.27. The highest BCUT2D eigenvalue weighted by Gasteiger charge is 2.32. The molecule has 3 aromatic carbocycles. The summed E-state index contributed by atoms with van der Waals surface area (Å²) in [6, 6.07) is 13.1. The van der Waals surface area contributed by atoms with E-state index in [1.165, 1.54) is 0 Å². The van der Waals surface area contributed by atoms with Gasteiger partial charge in [-0.05, 0) is 91.3 Å². The van der Waals surface area contributed by atoms with Crippen molar-refractivity contribution >= 4 is 28.3 Å². The molecule has 0 fully saturated rings. The van der Waals surface area contributed by atoms with Gasteiger partial charge >= 0.3 is 5.97 Å². The Balaban J connectivity index is 2.30. The summed E-state index contributed by atoms with van der Waals surface area (Å²) in [5, 5.41) is 1.77. The molecular weight excluding hydrogens is 492 g/mol. The fraction of sp³-hybridized carbons (Fsp3) is 0.433. The summed E-state index contributed by atoms with van der Waals surface area (Å²) in [6.07, 6.45) is -0.775. The maximum Gasteiger partial charge on any atom is 0.316 e. The number of ether oxygens (including phenoxy) is 5. The Morgan fingerprint density at radius 2 is 1.32 bits per heavy atom. The van der Waals surface area contributed by atoms with Gasteiger partial charge in [-0.25, -0.2) is 0 Å². The Hall–Kier alpha value is -3.12. The van der Waals surface area contributed by atoms with Crippen molar-refractivity contribution in [2.45, 2.75) is 73.7 Å². The number of hydrogen-bond acceptors (Lipinski definition) is 6. The van der Waals surface area contributed by atoms with Crippen LogP contribution >= 0.6 is 11.6 Å². The average molecular weight is 529 g/mol. The number of fused-ring (bicyclic) bond motifs is 1. The molecule has 7 heteroatoms. The van der Waals surface area contributed by atoms with E-state index in [4.69, 9.17) is 35.3 Å². The molecule has 3 rings (SSSR count). The van der Waals surface area contributed by atoms with Crippen LogP contribution in [0.25, 0.3) is 10.8 Å². The molecular formula is C30H37ClO6. The third kappa shape index (κ3) is 6.80. The second kappa shape index (κ2) is 11.5. The van der Waals surface area contributed by atoms with E-state index >= 15 is 0 Å². The van der Waals surface area contributed by atoms with Crippen LogP contribution in [0.4, 0.5) is 0 Å². The van der Waals surface area contributed by atoms with E-state index in [0.29, 0.717) is 33.0 Å². The molecule has 0 aliphatic rings. The summed E-state index contributed by atoms with van der Waals surface area (Å²) in [7, 11) is 1.63. The molecule has 0 aliphatic heterocycles. The van der Waals surface area contributed by atoms with Crippen LogP contribution in [0, 0.1) is 5.41 Å². The monoisotopic (exact) mass is 528 g/mol. The highest BCUT2D eigenvalue weighted by Crippen LogP contribution is 2.53. The molecule has 0 bridgehead atoms. The molecule has 200 valence electrons. The van der Waals surface area contributed by atoms with Crippen LogP contribution in [0.15, 0.2) is 42.5 Å². The Morgan fingerprint density at radius 1 is 0.757 bits per heavy atom. The van der Waals surface area contributed by atoms with Crippen molar-refractivity contribution < 1.29 is 28.5 Å². The van der Waals surface area contributed by atoms with Gasteiger partial charge in [-0.2, -0.15) is 0 Å².